The fraction of sp³-hybridized carbons (Fsp3) is 0.778. The zero-order valence-corrected chi connectivity index (χ0v) is 12.6. The van der Waals surface area contributed by atoms with Crippen molar-refractivity contribution in [2.75, 3.05) is 13.6 Å². The van der Waals surface area contributed by atoms with Gasteiger partial charge < -0.3 is 5.73 Å². The van der Waals surface area contributed by atoms with Gasteiger partial charge in [0.25, 0.3) is 10.0 Å². The van der Waals surface area contributed by atoms with Crippen LogP contribution in [0.2, 0.25) is 0 Å². The van der Waals surface area contributed by atoms with E-state index in [4.69, 9.17) is 5.73 Å². The Kier molecular flexibility index (Phi) is 3.77. The van der Waals surface area contributed by atoms with Gasteiger partial charge in [0.05, 0.1) is 0 Å². The summed E-state index contributed by atoms with van der Waals surface area (Å²) < 4.78 is 27.8. The van der Waals surface area contributed by atoms with E-state index in [-0.39, 0.29) is 15.7 Å². The van der Waals surface area contributed by atoms with E-state index in [0.29, 0.717) is 12.5 Å². The van der Waals surface area contributed by atoms with Crippen LogP contribution in [0, 0.1) is 5.92 Å². The number of hydrogen-bond donors (Lipinski definition) is 1. The SMILES string of the molecule is CN(C(CN)C1CC1)S(=O)(=O)c1c(Br)nnn1C. The van der Waals surface area contributed by atoms with E-state index in [1.807, 2.05) is 0 Å². The van der Waals surface area contributed by atoms with Crippen molar-refractivity contribution < 1.29 is 8.42 Å². The smallest absolute Gasteiger partial charge is 0.263 e. The topological polar surface area (TPSA) is 94.1 Å². The minimum absolute atomic E-state index is 0.0594. The Morgan fingerprint density at radius 2 is 2.22 bits per heavy atom. The summed E-state index contributed by atoms with van der Waals surface area (Å²) in [4.78, 5) is 0. The second kappa shape index (κ2) is 4.87. The lowest BCUT2D eigenvalue weighted by molar-refractivity contribution is 0.337. The number of nitrogens with two attached hydrogens (primary N) is 1. The summed E-state index contributed by atoms with van der Waals surface area (Å²) >= 11 is 3.11. The Balaban J connectivity index is 2.36. The predicted octanol–water partition coefficient (Wildman–Crippen LogP) is -0.0646. The van der Waals surface area contributed by atoms with Gasteiger partial charge >= 0.3 is 0 Å². The van der Waals surface area contributed by atoms with Crippen LogP contribution in [0.4, 0.5) is 0 Å². The third-order valence-electron chi connectivity index (χ3n) is 3.24. The summed E-state index contributed by atoms with van der Waals surface area (Å²) in [5, 5.41) is 7.46. The number of likely N-dealkylation sites (N-methyl/N-ethyl adjacent to an activating group) is 1. The summed E-state index contributed by atoms with van der Waals surface area (Å²) in [6, 6.07) is -0.156. The highest BCUT2D eigenvalue weighted by atomic mass is 79.9. The van der Waals surface area contributed by atoms with Crippen LogP contribution in [0.25, 0.3) is 0 Å². The number of rotatable bonds is 5. The second-order valence-corrected chi connectivity index (χ2v) is 7.13. The average molecular weight is 338 g/mol. The van der Waals surface area contributed by atoms with Crippen molar-refractivity contribution in [3.8, 4) is 0 Å². The number of sulfonamides is 1. The molecule has 1 fully saturated rings. The standard InChI is InChI=1S/C9H16BrN5O2S/c1-14-9(8(10)12-13-14)18(16,17)15(2)7(5-11)6-3-4-6/h6-7H,3-5,11H2,1-2H3. The van der Waals surface area contributed by atoms with Gasteiger partial charge in [-0.3, -0.25) is 0 Å². The van der Waals surface area contributed by atoms with Crippen LogP contribution in [0.1, 0.15) is 12.8 Å². The molecule has 1 aliphatic carbocycles. The molecule has 1 aromatic rings. The molecular formula is C9H16BrN5O2S. The molecule has 0 amide bonds. The summed E-state index contributed by atoms with van der Waals surface area (Å²) in [5.74, 6) is 0.370. The highest BCUT2D eigenvalue weighted by Crippen LogP contribution is 2.36. The molecule has 1 aliphatic rings. The Morgan fingerprint density at radius 3 is 2.61 bits per heavy atom. The first-order chi connectivity index (χ1) is 8.39. The van der Waals surface area contributed by atoms with Crippen molar-refractivity contribution >= 4 is 26.0 Å². The fourth-order valence-corrected chi connectivity index (χ4v) is 4.48. The fourth-order valence-electron chi connectivity index (χ4n) is 2.03. The first kappa shape index (κ1) is 13.9. The van der Waals surface area contributed by atoms with Gasteiger partial charge in [0, 0.05) is 26.7 Å². The summed E-state index contributed by atoms with van der Waals surface area (Å²) in [7, 11) is -0.520. The first-order valence-corrected chi connectivity index (χ1v) is 7.86. The summed E-state index contributed by atoms with van der Waals surface area (Å²) in [6.45, 7) is 0.323. The molecule has 1 unspecified atom stereocenters. The highest BCUT2D eigenvalue weighted by molar-refractivity contribution is 9.10. The second-order valence-electron chi connectivity index (χ2n) is 4.47. The molecule has 0 spiro atoms. The van der Waals surface area contributed by atoms with Crippen LogP contribution in [0.3, 0.4) is 0 Å². The van der Waals surface area contributed by atoms with E-state index < -0.39 is 10.0 Å². The Morgan fingerprint density at radius 1 is 1.61 bits per heavy atom. The maximum absolute atomic E-state index is 12.5. The van der Waals surface area contributed by atoms with Crippen molar-refractivity contribution in [2.45, 2.75) is 23.9 Å². The van der Waals surface area contributed by atoms with Crippen LogP contribution in [-0.4, -0.2) is 47.4 Å². The molecule has 1 aromatic heterocycles. The summed E-state index contributed by atoms with van der Waals surface area (Å²) in [6.07, 6.45) is 2.07. The molecule has 0 radical (unpaired) electrons. The molecule has 102 valence electrons. The molecule has 2 N–H and O–H groups in total. The summed E-state index contributed by atoms with van der Waals surface area (Å²) in [5.41, 5.74) is 5.68. The van der Waals surface area contributed by atoms with E-state index in [0.717, 1.165) is 12.8 Å². The molecule has 0 aromatic carbocycles. The van der Waals surface area contributed by atoms with E-state index in [9.17, 15) is 8.42 Å². The number of hydrogen-bond acceptors (Lipinski definition) is 5. The number of aromatic nitrogens is 3. The van der Waals surface area contributed by atoms with Gasteiger partial charge in [-0.25, -0.2) is 13.1 Å². The molecule has 0 aliphatic heterocycles. The molecule has 7 nitrogen and oxygen atoms in total. The van der Waals surface area contributed by atoms with Gasteiger partial charge in [-0.1, -0.05) is 5.21 Å². The minimum Gasteiger partial charge on any atom is -0.329 e. The van der Waals surface area contributed by atoms with Gasteiger partial charge in [-0.15, -0.1) is 5.10 Å². The van der Waals surface area contributed by atoms with Gasteiger partial charge in [-0.2, -0.15) is 4.31 Å². The Hall–Kier alpha value is -0.510. The van der Waals surface area contributed by atoms with E-state index >= 15 is 0 Å². The molecule has 9 heteroatoms. The number of nitrogens with zero attached hydrogens (tertiary/aromatic N) is 4. The maximum atomic E-state index is 12.5. The molecular weight excluding hydrogens is 322 g/mol. The zero-order chi connectivity index (χ0) is 13.5. The van der Waals surface area contributed by atoms with E-state index in [1.54, 1.807) is 14.1 Å². The largest absolute Gasteiger partial charge is 0.329 e. The van der Waals surface area contributed by atoms with Crippen LogP contribution in [0.15, 0.2) is 9.63 Å². The molecule has 18 heavy (non-hydrogen) atoms. The average Bonchev–Trinajstić information content (AvgIpc) is 3.06. The third-order valence-corrected chi connectivity index (χ3v) is 6.01. The van der Waals surface area contributed by atoms with Crippen molar-refractivity contribution in [3.05, 3.63) is 4.60 Å². The van der Waals surface area contributed by atoms with Crippen LogP contribution in [-0.2, 0) is 17.1 Å². The molecule has 1 heterocycles. The van der Waals surface area contributed by atoms with Crippen molar-refractivity contribution in [1.82, 2.24) is 19.3 Å². The van der Waals surface area contributed by atoms with Gasteiger partial charge in [0.1, 0.15) is 0 Å². The number of aryl methyl sites for hydroxylation is 1. The lowest BCUT2D eigenvalue weighted by atomic mass is 10.2. The molecule has 0 bridgehead atoms. The van der Waals surface area contributed by atoms with Crippen molar-refractivity contribution in [1.29, 1.82) is 0 Å². The van der Waals surface area contributed by atoms with E-state index in [2.05, 4.69) is 26.2 Å². The quantitative estimate of drug-likeness (QED) is 0.811. The Labute approximate surface area is 115 Å². The van der Waals surface area contributed by atoms with Gasteiger partial charge in [0.15, 0.2) is 4.60 Å². The molecule has 1 saturated carbocycles. The van der Waals surface area contributed by atoms with Crippen LogP contribution in [0.5, 0.6) is 0 Å². The first-order valence-electron chi connectivity index (χ1n) is 5.63. The van der Waals surface area contributed by atoms with Crippen LogP contribution < -0.4 is 5.73 Å². The number of halogens is 1. The minimum atomic E-state index is -3.63. The highest BCUT2D eigenvalue weighted by Gasteiger charge is 2.40. The third kappa shape index (κ3) is 2.31. The van der Waals surface area contributed by atoms with Crippen LogP contribution >= 0.6 is 15.9 Å². The molecule has 2 rings (SSSR count). The predicted molar refractivity (Wildman–Crippen MR) is 69.2 cm³/mol. The molecule has 0 saturated heterocycles. The van der Waals surface area contributed by atoms with Gasteiger partial charge in [0.2, 0.25) is 5.03 Å². The zero-order valence-electron chi connectivity index (χ0n) is 10.2. The normalized spacial score (nSPS) is 18.3. The van der Waals surface area contributed by atoms with Gasteiger partial charge in [-0.05, 0) is 34.7 Å². The molecule has 1 atom stereocenters. The van der Waals surface area contributed by atoms with Crippen molar-refractivity contribution in [3.63, 3.8) is 0 Å². The Bertz CT molecular complexity index is 520. The van der Waals surface area contributed by atoms with Crippen molar-refractivity contribution in [2.24, 2.45) is 18.7 Å². The lowest BCUT2D eigenvalue weighted by Gasteiger charge is -2.26. The monoisotopic (exact) mass is 337 g/mol. The maximum Gasteiger partial charge on any atom is 0.263 e. The lowest BCUT2D eigenvalue weighted by Crippen LogP contribution is -2.43. The van der Waals surface area contributed by atoms with E-state index in [1.165, 1.54) is 8.99 Å².